The number of nitrogens with one attached hydrogen (secondary N) is 1. The van der Waals surface area contributed by atoms with Crippen LogP contribution in [0, 0.1) is 12.7 Å². The van der Waals surface area contributed by atoms with Gasteiger partial charge in [-0.05, 0) is 37.5 Å². The molecule has 1 aromatic carbocycles. The Morgan fingerprint density at radius 3 is 2.79 bits per heavy atom. The minimum Gasteiger partial charge on any atom is -0.393 e. The second kappa shape index (κ2) is 7.00. The molecule has 1 saturated heterocycles. The molecule has 1 amide bonds. The summed E-state index contributed by atoms with van der Waals surface area (Å²) in [6.07, 6.45) is 1.00. The van der Waals surface area contributed by atoms with Crippen LogP contribution in [-0.4, -0.2) is 35.4 Å². The predicted molar refractivity (Wildman–Crippen MR) is 86.3 cm³/mol. The maximum atomic E-state index is 14.3. The molecule has 7 heteroatoms. The Bertz CT molecular complexity index is 724. The fourth-order valence-electron chi connectivity index (χ4n) is 2.76. The van der Waals surface area contributed by atoms with E-state index in [0.29, 0.717) is 42.9 Å². The van der Waals surface area contributed by atoms with Crippen molar-refractivity contribution in [3.63, 3.8) is 0 Å². The number of carbonyl (C=O) groups is 1. The summed E-state index contributed by atoms with van der Waals surface area (Å²) >= 11 is 0. The lowest BCUT2D eigenvalue weighted by Crippen LogP contribution is -2.36. The van der Waals surface area contributed by atoms with E-state index in [-0.39, 0.29) is 30.1 Å². The molecule has 2 N–H and O–H groups in total. The highest BCUT2D eigenvalue weighted by atomic mass is 19.1. The maximum absolute atomic E-state index is 14.3. The van der Waals surface area contributed by atoms with Crippen molar-refractivity contribution in [2.24, 2.45) is 0 Å². The number of amides is 1. The largest absolute Gasteiger partial charge is 0.393 e. The lowest BCUT2D eigenvalue weighted by atomic mass is 10.1. The molecule has 3 rings (SSSR count). The topological polar surface area (TPSA) is 78.6 Å². The molecule has 24 heavy (non-hydrogen) atoms. The normalized spacial score (nSPS) is 15.5. The smallest absolute Gasteiger partial charge is 0.290 e. The second-order valence-electron chi connectivity index (χ2n) is 6.02. The van der Waals surface area contributed by atoms with Gasteiger partial charge in [-0.1, -0.05) is 11.2 Å². The summed E-state index contributed by atoms with van der Waals surface area (Å²) in [5, 5.41) is 15.9. The highest BCUT2D eigenvalue weighted by Gasteiger charge is 2.20. The first-order valence-corrected chi connectivity index (χ1v) is 7.96. The average molecular weight is 333 g/mol. The number of anilines is 1. The summed E-state index contributed by atoms with van der Waals surface area (Å²) in [4.78, 5) is 13.8. The molecule has 0 bridgehead atoms. The van der Waals surface area contributed by atoms with E-state index in [4.69, 9.17) is 4.52 Å². The summed E-state index contributed by atoms with van der Waals surface area (Å²) in [6.45, 7) is 3.21. The Hall–Kier alpha value is -2.41. The minimum atomic E-state index is -0.384. The Kier molecular flexibility index (Phi) is 4.80. The molecule has 0 radical (unpaired) electrons. The number of nitrogens with zero attached hydrogens (tertiary/aromatic N) is 2. The second-order valence-corrected chi connectivity index (χ2v) is 6.02. The zero-order chi connectivity index (χ0) is 17.1. The number of aliphatic hydroxyl groups is 1. The van der Waals surface area contributed by atoms with Crippen LogP contribution in [0.25, 0.3) is 0 Å². The SMILES string of the molecule is Cc1cc(C(=O)NCc2ccc(N3CCC(O)CC3)c(F)c2)on1. The monoisotopic (exact) mass is 333 g/mol. The third-order valence-corrected chi connectivity index (χ3v) is 4.12. The molecule has 128 valence electrons. The molecule has 0 saturated carbocycles. The van der Waals surface area contributed by atoms with E-state index in [2.05, 4.69) is 10.5 Å². The van der Waals surface area contributed by atoms with E-state index in [1.807, 2.05) is 4.90 Å². The Labute approximate surface area is 139 Å². The molecule has 2 heterocycles. The van der Waals surface area contributed by atoms with Crippen molar-refractivity contribution in [3.8, 4) is 0 Å². The summed E-state index contributed by atoms with van der Waals surface area (Å²) in [5.74, 6) is -0.574. The quantitative estimate of drug-likeness (QED) is 0.895. The zero-order valence-electron chi connectivity index (χ0n) is 13.5. The minimum absolute atomic E-state index is 0.136. The van der Waals surface area contributed by atoms with Crippen LogP contribution in [0.2, 0.25) is 0 Å². The molecule has 0 unspecified atom stereocenters. The van der Waals surface area contributed by atoms with Crippen molar-refractivity contribution in [1.82, 2.24) is 10.5 Å². The zero-order valence-corrected chi connectivity index (χ0v) is 13.5. The summed E-state index contributed by atoms with van der Waals surface area (Å²) in [7, 11) is 0. The van der Waals surface area contributed by atoms with Gasteiger partial charge >= 0.3 is 0 Å². The summed E-state index contributed by atoms with van der Waals surface area (Å²) in [5.41, 5.74) is 1.82. The van der Waals surface area contributed by atoms with Crippen LogP contribution in [0.4, 0.5) is 10.1 Å². The van der Waals surface area contributed by atoms with Crippen LogP contribution in [0.15, 0.2) is 28.8 Å². The van der Waals surface area contributed by atoms with E-state index in [9.17, 15) is 14.3 Å². The lowest BCUT2D eigenvalue weighted by Gasteiger charge is -2.31. The van der Waals surface area contributed by atoms with Gasteiger partial charge in [0, 0.05) is 25.7 Å². The van der Waals surface area contributed by atoms with Gasteiger partial charge in [-0.2, -0.15) is 0 Å². The van der Waals surface area contributed by atoms with Gasteiger partial charge in [0.25, 0.3) is 5.91 Å². The Balaban J connectivity index is 1.61. The van der Waals surface area contributed by atoms with E-state index in [0.717, 1.165) is 0 Å². The highest BCUT2D eigenvalue weighted by molar-refractivity contribution is 5.91. The van der Waals surface area contributed by atoms with Gasteiger partial charge in [0.05, 0.1) is 17.5 Å². The molecule has 0 atom stereocenters. The van der Waals surface area contributed by atoms with E-state index in [1.54, 1.807) is 25.1 Å². The number of hydrogen-bond acceptors (Lipinski definition) is 5. The van der Waals surface area contributed by atoms with Crippen molar-refractivity contribution >= 4 is 11.6 Å². The molecular formula is C17H20FN3O3. The fraction of sp³-hybridized carbons (Fsp3) is 0.412. The number of piperidine rings is 1. The number of halogens is 1. The van der Waals surface area contributed by atoms with Crippen molar-refractivity contribution in [2.75, 3.05) is 18.0 Å². The van der Waals surface area contributed by atoms with Gasteiger partial charge in [-0.15, -0.1) is 0 Å². The molecule has 1 aliphatic rings. The van der Waals surface area contributed by atoms with E-state index < -0.39 is 0 Å². The number of carbonyl (C=O) groups excluding carboxylic acids is 1. The van der Waals surface area contributed by atoms with Crippen LogP contribution in [0.5, 0.6) is 0 Å². The van der Waals surface area contributed by atoms with Crippen molar-refractivity contribution in [3.05, 3.63) is 47.1 Å². The summed E-state index contributed by atoms with van der Waals surface area (Å²) in [6, 6.07) is 6.47. The van der Waals surface area contributed by atoms with Crippen LogP contribution in [0.3, 0.4) is 0 Å². The van der Waals surface area contributed by atoms with Gasteiger partial charge in [-0.25, -0.2) is 4.39 Å². The van der Waals surface area contributed by atoms with Gasteiger partial charge in [0.1, 0.15) is 5.82 Å². The molecule has 1 aliphatic heterocycles. The van der Waals surface area contributed by atoms with Crippen molar-refractivity contribution < 1.29 is 18.8 Å². The van der Waals surface area contributed by atoms with E-state index in [1.165, 1.54) is 6.07 Å². The number of benzene rings is 1. The van der Waals surface area contributed by atoms with Crippen LogP contribution in [0.1, 0.15) is 34.7 Å². The standard InChI is InChI=1S/C17H20FN3O3/c1-11-8-16(24-20-11)17(23)19-10-12-2-3-15(14(18)9-12)21-6-4-13(22)5-7-21/h2-3,8-9,13,22H,4-7,10H2,1H3,(H,19,23). The van der Waals surface area contributed by atoms with E-state index >= 15 is 0 Å². The number of aromatic nitrogens is 1. The first-order valence-electron chi connectivity index (χ1n) is 7.96. The molecule has 0 spiro atoms. The molecule has 2 aromatic rings. The third-order valence-electron chi connectivity index (χ3n) is 4.12. The molecule has 1 fully saturated rings. The van der Waals surface area contributed by atoms with Gasteiger partial charge < -0.3 is 19.8 Å². The van der Waals surface area contributed by atoms with Gasteiger partial charge in [0.15, 0.2) is 0 Å². The molecular weight excluding hydrogens is 313 g/mol. The fourth-order valence-corrected chi connectivity index (χ4v) is 2.76. The van der Waals surface area contributed by atoms with Gasteiger partial charge in [-0.3, -0.25) is 4.79 Å². The highest BCUT2D eigenvalue weighted by Crippen LogP contribution is 2.24. The first kappa shape index (κ1) is 16.4. The average Bonchev–Trinajstić information content (AvgIpc) is 3.00. The number of aryl methyl sites for hydroxylation is 1. The predicted octanol–water partition coefficient (Wildman–Crippen LogP) is 2.01. The third kappa shape index (κ3) is 3.73. The first-order chi connectivity index (χ1) is 11.5. The van der Waals surface area contributed by atoms with Crippen molar-refractivity contribution in [2.45, 2.75) is 32.4 Å². The van der Waals surface area contributed by atoms with Crippen LogP contribution < -0.4 is 10.2 Å². The van der Waals surface area contributed by atoms with Crippen LogP contribution in [-0.2, 0) is 6.54 Å². The van der Waals surface area contributed by atoms with Crippen LogP contribution >= 0.6 is 0 Å². The lowest BCUT2D eigenvalue weighted by molar-refractivity contribution is 0.0914. The molecule has 6 nitrogen and oxygen atoms in total. The molecule has 1 aromatic heterocycles. The Morgan fingerprint density at radius 2 is 2.17 bits per heavy atom. The van der Waals surface area contributed by atoms with Gasteiger partial charge in [0.2, 0.25) is 5.76 Å². The molecule has 0 aliphatic carbocycles. The number of rotatable bonds is 4. The summed E-state index contributed by atoms with van der Waals surface area (Å²) < 4.78 is 19.2. The Morgan fingerprint density at radius 1 is 1.42 bits per heavy atom. The van der Waals surface area contributed by atoms with Crippen molar-refractivity contribution in [1.29, 1.82) is 0 Å². The number of aliphatic hydroxyl groups excluding tert-OH is 1. The number of hydrogen-bond donors (Lipinski definition) is 2. The maximum Gasteiger partial charge on any atom is 0.290 e.